The first-order valence-electron chi connectivity index (χ1n) is 4.53. The van der Waals surface area contributed by atoms with Gasteiger partial charge in [0.05, 0.1) is 0 Å². The Morgan fingerprint density at radius 2 is 2.08 bits per heavy atom. The summed E-state index contributed by atoms with van der Waals surface area (Å²) in [6, 6.07) is 0.580. The Kier molecular flexibility index (Phi) is 2.76. The average Bonchev–Trinajstić information content (AvgIpc) is 1.98. The lowest BCUT2D eigenvalue weighted by Gasteiger charge is -2.50. The van der Waals surface area contributed by atoms with E-state index in [9.17, 15) is 0 Å². The molecule has 0 aromatic heterocycles. The van der Waals surface area contributed by atoms with Gasteiger partial charge in [0.25, 0.3) is 0 Å². The summed E-state index contributed by atoms with van der Waals surface area (Å²) in [6.45, 7) is 9.68. The fourth-order valence-corrected chi connectivity index (χ4v) is 2.77. The van der Waals surface area contributed by atoms with Crippen LogP contribution in [0, 0.1) is 0 Å². The minimum atomic E-state index is 0.0787. The molecule has 2 atom stereocenters. The van der Waals surface area contributed by atoms with Crippen molar-refractivity contribution in [3.05, 3.63) is 0 Å². The summed E-state index contributed by atoms with van der Waals surface area (Å²) < 4.78 is 0.244. The van der Waals surface area contributed by atoms with Crippen molar-refractivity contribution in [2.45, 2.75) is 44.0 Å². The Bertz CT molecular complexity index is 170. The minimum absolute atomic E-state index is 0.0787. The first kappa shape index (κ1) is 10.4. The first-order chi connectivity index (χ1) is 5.41. The van der Waals surface area contributed by atoms with Gasteiger partial charge in [0.15, 0.2) is 0 Å². The third-order valence-corrected chi connectivity index (χ3v) is 4.84. The fraction of sp³-hybridized carbons (Fsp3) is 1.00. The van der Waals surface area contributed by atoms with Crippen molar-refractivity contribution in [1.29, 1.82) is 0 Å². The number of thioether (sulfide) groups is 1. The van der Waals surface area contributed by atoms with Crippen LogP contribution in [0.3, 0.4) is 0 Å². The van der Waals surface area contributed by atoms with Gasteiger partial charge in [-0.1, -0.05) is 0 Å². The molecular formula is C9H20N2S. The van der Waals surface area contributed by atoms with Gasteiger partial charge in [0.2, 0.25) is 0 Å². The zero-order chi connectivity index (χ0) is 9.41. The Hall–Kier alpha value is 0.270. The smallest absolute Gasteiger partial charge is 0.0420 e. The highest BCUT2D eigenvalue weighted by molar-refractivity contribution is 8.00. The van der Waals surface area contributed by atoms with Crippen molar-refractivity contribution in [1.82, 2.24) is 5.32 Å². The van der Waals surface area contributed by atoms with Crippen molar-refractivity contribution < 1.29 is 0 Å². The summed E-state index contributed by atoms with van der Waals surface area (Å²) in [4.78, 5) is 0. The molecule has 2 unspecified atom stereocenters. The molecule has 0 amide bonds. The van der Waals surface area contributed by atoms with Gasteiger partial charge in [0, 0.05) is 28.6 Å². The molecular weight excluding hydrogens is 168 g/mol. The van der Waals surface area contributed by atoms with E-state index in [4.69, 9.17) is 5.73 Å². The van der Waals surface area contributed by atoms with Crippen molar-refractivity contribution in [3.8, 4) is 0 Å². The summed E-state index contributed by atoms with van der Waals surface area (Å²) in [6.07, 6.45) is 0. The standard InChI is InChI=1S/C9H20N2S/c1-7-5-12-8(2,3)9(4,6-10)11-7/h7,11H,5-6,10H2,1-4H3. The molecule has 0 saturated carbocycles. The number of hydrogen-bond acceptors (Lipinski definition) is 3. The van der Waals surface area contributed by atoms with Crippen LogP contribution < -0.4 is 11.1 Å². The lowest BCUT2D eigenvalue weighted by molar-refractivity contribution is 0.264. The zero-order valence-electron chi connectivity index (χ0n) is 8.48. The maximum Gasteiger partial charge on any atom is 0.0420 e. The van der Waals surface area contributed by atoms with Crippen molar-refractivity contribution >= 4 is 11.8 Å². The summed E-state index contributed by atoms with van der Waals surface area (Å²) in [5, 5.41) is 3.59. The molecule has 12 heavy (non-hydrogen) atoms. The van der Waals surface area contributed by atoms with Crippen LogP contribution in [0.1, 0.15) is 27.7 Å². The number of rotatable bonds is 1. The molecule has 3 heteroatoms. The highest BCUT2D eigenvalue weighted by atomic mass is 32.2. The third kappa shape index (κ3) is 1.63. The highest BCUT2D eigenvalue weighted by Crippen LogP contribution is 2.39. The van der Waals surface area contributed by atoms with Crippen LogP contribution in [-0.4, -0.2) is 28.6 Å². The highest BCUT2D eigenvalue weighted by Gasteiger charge is 2.44. The second-order valence-corrected chi connectivity index (χ2v) is 6.05. The predicted octanol–water partition coefficient (Wildman–Crippen LogP) is 1.21. The van der Waals surface area contributed by atoms with E-state index < -0.39 is 0 Å². The van der Waals surface area contributed by atoms with Crippen molar-refractivity contribution in [3.63, 3.8) is 0 Å². The molecule has 1 aliphatic heterocycles. The van der Waals surface area contributed by atoms with E-state index in [2.05, 4.69) is 33.0 Å². The fourth-order valence-electron chi connectivity index (χ4n) is 1.56. The lowest BCUT2D eigenvalue weighted by Crippen LogP contribution is -2.66. The van der Waals surface area contributed by atoms with Gasteiger partial charge in [-0.05, 0) is 27.7 Å². The number of nitrogens with two attached hydrogens (primary N) is 1. The Balaban J connectivity index is 2.78. The lowest BCUT2D eigenvalue weighted by atomic mass is 9.86. The topological polar surface area (TPSA) is 38.0 Å². The van der Waals surface area contributed by atoms with Crippen LogP contribution in [0.25, 0.3) is 0 Å². The molecule has 0 bridgehead atoms. The second-order valence-electron chi connectivity index (χ2n) is 4.40. The molecule has 0 aromatic rings. The van der Waals surface area contributed by atoms with Gasteiger partial charge in [-0.15, -0.1) is 0 Å². The zero-order valence-corrected chi connectivity index (χ0v) is 9.29. The maximum absolute atomic E-state index is 5.80. The molecule has 1 aliphatic rings. The summed E-state index contributed by atoms with van der Waals surface area (Å²) >= 11 is 2.02. The van der Waals surface area contributed by atoms with Gasteiger partial charge in [-0.3, -0.25) is 0 Å². The molecule has 1 fully saturated rings. The molecule has 1 rings (SSSR count). The van der Waals surface area contributed by atoms with Crippen LogP contribution in [0.15, 0.2) is 0 Å². The summed E-state index contributed by atoms with van der Waals surface area (Å²) in [5.41, 5.74) is 5.88. The average molecular weight is 188 g/mol. The van der Waals surface area contributed by atoms with E-state index >= 15 is 0 Å². The van der Waals surface area contributed by atoms with Crippen LogP contribution in [0.5, 0.6) is 0 Å². The second kappa shape index (κ2) is 3.20. The Morgan fingerprint density at radius 1 is 1.50 bits per heavy atom. The van der Waals surface area contributed by atoms with E-state index in [-0.39, 0.29) is 10.3 Å². The maximum atomic E-state index is 5.80. The van der Waals surface area contributed by atoms with E-state index in [1.54, 1.807) is 0 Å². The molecule has 0 aromatic carbocycles. The van der Waals surface area contributed by atoms with E-state index in [1.165, 1.54) is 5.75 Å². The third-order valence-electron chi connectivity index (χ3n) is 3.00. The van der Waals surface area contributed by atoms with Crippen molar-refractivity contribution in [2.24, 2.45) is 5.73 Å². The molecule has 3 N–H and O–H groups in total. The van der Waals surface area contributed by atoms with E-state index in [0.29, 0.717) is 12.6 Å². The van der Waals surface area contributed by atoms with Crippen molar-refractivity contribution in [2.75, 3.05) is 12.3 Å². The van der Waals surface area contributed by atoms with Crippen LogP contribution in [-0.2, 0) is 0 Å². The predicted molar refractivity (Wildman–Crippen MR) is 56.6 cm³/mol. The van der Waals surface area contributed by atoms with Gasteiger partial charge < -0.3 is 11.1 Å². The molecule has 1 heterocycles. The van der Waals surface area contributed by atoms with Crippen LogP contribution in [0.2, 0.25) is 0 Å². The van der Waals surface area contributed by atoms with Gasteiger partial charge in [-0.25, -0.2) is 0 Å². The van der Waals surface area contributed by atoms with E-state index in [0.717, 1.165) is 0 Å². The molecule has 0 spiro atoms. The molecule has 0 aliphatic carbocycles. The largest absolute Gasteiger partial charge is 0.329 e. The number of hydrogen-bond donors (Lipinski definition) is 2. The normalized spacial score (nSPS) is 41.2. The molecule has 1 saturated heterocycles. The van der Waals surface area contributed by atoms with Gasteiger partial charge in [0.1, 0.15) is 0 Å². The van der Waals surface area contributed by atoms with Gasteiger partial charge in [-0.2, -0.15) is 11.8 Å². The van der Waals surface area contributed by atoms with Crippen LogP contribution in [0.4, 0.5) is 0 Å². The summed E-state index contributed by atoms with van der Waals surface area (Å²) in [7, 11) is 0. The van der Waals surface area contributed by atoms with Gasteiger partial charge >= 0.3 is 0 Å². The van der Waals surface area contributed by atoms with Crippen LogP contribution >= 0.6 is 11.8 Å². The first-order valence-corrected chi connectivity index (χ1v) is 5.51. The molecule has 72 valence electrons. The summed E-state index contributed by atoms with van der Waals surface area (Å²) in [5.74, 6) is 1.18. The molecule has 0 radical (unpaired) electrons. The number of nitrogens with one attached hydrogen (secondary N) is 1. The SMILES string of the molecule is CC1CSC(C)(C)C(C)(CN)N1. The molecule has 2 nitrogen and oxygen atoms in total. The quantitative estimate of drug-likeness (QED) is 0.649. The van der Waals surface area contributed by atoms with E-state index in [1.807, 2.05) is 11.8 Å². The minimum Gasteiger partial charge on any atom is -0.329 e. The monoisotopic (exact) mass is 188 g/mol. The Labute approximate surface area is 79.7 Å². The Morgan fingerprint density at radius 3 is 2.50 bits per heavy atom.